The minimum atomic E-state index is -0.0628. The predicted octanol–water partition coefficient (Wildman–Crippen LogP) is 2.54. The fraction of sp³-hybridized carbons (Fsp3) is 0.333. The van der Waals surface area contributed by atoms with E-state index in [1.807, 2.05) is 30.5 Å². The van der Waals surface area contributed by atoms with E-state index in [-0.39, 0.29) is 12.5 Å². The minimum Gasteiger partial charge on any atom is -0.328 e. The molecule has 1 amide bonds. The van der Waals surface area contributed by atoms with Gasteiger partial charge in [-0.3, -0.25) is 4.79 Å². The van der Waals surface area contributed by atoms with E-state index in [1.165, 1.54) is 12.8 Å². The van der Waals surface area contributed by atoms with Crippen molar-refractivity contribution < 1.29 is 4.79 Å². The standard InChI is InChI=1S/C15H17BrN4O/c16-11-2-1-3-13(6-11)19-15(21)9-20-8-14(18-10-20)7-17-12-4-5-12/h1-3,6,8,10,12,17H,4-5,7,9H2,(H,19,21). The van der Waals surface area contributed by atoms with Crippen molar-refractivity contribution in [3.8, 4) is 0 Å². The average Bonchev–Trinajstić information content (AvgIpc) is 3.17. The first-order valence-corrected chi connectivity index (χ1v) is 7.78. The summed E-state index contributed by atoms with van der Waals surface area (Å²) in [5, 5.41) is 6.27. The molecule has 2 N–H and O–H groups in total. The van der Waals surface area contributed by atoms with Crippen molar-refractivity contribution in [3.63, 3.8) is 0 Å². The summed E-state index contributed by atoms with van der Waals surface area (Å²) >= 11 is 3.38. The molecule has 0 saturated heterocycles. The number of rotatable bonds is 6. The number of aromatic nitrogens is 2. The Balaban J connectivity index is 1.51. The van der Waals surface area contributed by atoms with Crippen LogP contribution in [0.3, 0.4) is 0 Å². The zero-order valence-electron chi connectivity index (χ0n) is 11.6. The molecule has 6 heteroatoms. The van der Waals surface area contributed by atoms with Gasteiger partial charge >= 0.3 is 0 Å². The lowest BCUT2D eigenvalue weighted by Crippen LogP contribution is -2.18. The van der Waals surface area contributed by atoms with Crippen LogP contribution in [-0.2, 0) is 17.9 Å². The second-order valence-corrected chi connectivity index (χ2v) is 6.17. The van der Waals surface area contributed by atoms with Gasteiger partial charge in [-0.1, -0.05) is 22.0 Å². The Morgan fingerprint density at radius 2 is 2.29 bits per heavy atom. The van der Waals surface area contributed by atoms with E-state index in [0.717, 1.165) is 22.4 Å². The third-order valence-electron chi connectivity index (χ3n) is 3.27. The zero-order valence-corrected chi connectivity index (χ0v) is 13.1. The molecule has 0 bridgehead atoms. The Morgan fingerprint density at radius 3 is 3.05 bits per heavy atom. The molecule has 21 heavy (non-hydrogen) atoms. The van der Waals surface area contributed by atoms with Crippen LogP contribution in [0.5, 0.6) is 0 Å². The second-order valence-electron chi connectivity index (χ2n) is 5.25. The number of hydrogen-bond acceptors (Lipinski definition) is 3. The van der Waals surface area contributed by atoms with Crippen molar-refractivity contribution in [3.05, 3.63) is 47.0 Å². The smallest absolute Gasteiger partial charge is 0.244 e. The number of nitrogens with one attached hydrogen (secondary N) is 2. The number of halogens is 1. The highest BCUT2D eigenvalue weighted by atomic mass is 79.9. The molecule has 3 rings (SSSR count). The van der Waals surface area contributed by atoms with Crippen LogP contribution in [0.1, 0.15) is 18.5 Å². The minimum absolute atomic E-state index is 0.0628. The van der Waals surface area contributed by atoms with Crippen LogP contribution in [0.2, 0.25) is 0 Å². The van der Waals surface area contributed by atoms with Gasteiger partial charge in [0.25, 0.3) is 0 Å². The van der Waals surface area contributed by atoms with Crippen molar-refractivity contribution in [2.24, 2.45) is 0 Å². The predicted molar refractivity (Wildman–Crippen MR) is 84.9 cm³/mol. The van der Waals surface area contributed by atoms with Crippen LogP contribution in [0.4, 0.5) is 5.69 Å². The molecular formula is C15H17BrN4O. The maximum absolute atomic E-state index is 12.0. The highest BCUT2D eigenvalue weighted by Gasteiger charge is 2.20. The molecule has 110 valence electrons. The average molecular weight is 349 g/mol. The molecule has 0 spiro atoms. The third-order valence-corrected chi connectivity index (χ3v) is 3.76. The Labute approximate surface area is 131 Å². The number of imidazole rings is 1. The van der Waals surface area contributed by atoms with Crippen LogP contribution in [-0.4, -0.2) is 21.5 Å². The fourth-order valence-corrected chi connectivity index (χ4v) is 2.45. The summed E-state index contributed by atoms with van der Waals surface area (Å²) in [4.78, 5) is 16.3. The molecule has 5 nitrogen and oxygen atoms in total. The first-order valence-electron chi connectivity index (χ1n) is 6.98. The van der Waals surface area contributed by atoms with Gasteiger partial charge in [-0.2, -0.15) is 0 Å². The molecule has 1 aromatic heterocycles. The molecule has 0 aliphatic heterocycles. The number of anilines is 1. The molecule has 0 atom stereocenters. The van der Waals surface area contributed by atoms with Gasteiger partial charge in [0.1, 0.15) is 6.54 Å². The molecule has 1 aromatic carbocycles. The van der Waals surface area contributed by atoms with Crippen molar-refractivity contribution in [1.29, 1.82) is 0 Å². The topological polar surface area (TPSA) is 59.0 Å². The van der Waals surface area contributed by atoms with Crippen LogP contribution in [0.15, 0.2) is 41.3 Å². The number of hydrogen-bond donors (Lipinski definition) is 2. The summed E-state index contributed by atoms with van der Waals surface area (Å²) in [7, 11) is 0. The van der Waals surface area contributed by atoms with Gasteiger partial charge in [-0.15, -0.1) is 0 Å². The van der Waals surface area contributed by atoms with E-state index >= 15 is 0 Å². The molecule has 0 unspecified atom stereocenters. The number of nitrogens with zero attached hydrogens (tertiary/aromatic N) is 2. The molecule has 2 aromatic rings. The van der Waals surface area contributed by atoms with E-state index in [0.29, 0.717) is 6.04 Å². The third kappa shape index (κ3) is 4.41. The summed E-state index contributed by atoms with van der Waals surface area (Å²) in [6, 6.07) is 8.21. The van der Waals surface area contributed by atoms with E-state index < -0.39 is 0 Å². The second kappa shape index (κ2) is 6.41. The van der Waals surface area contributed by atoms with Crippen molar-refractivity contribution in [2.45, 2.75) is 32.0 Å². The highest BCUT2D eigenvalue weighted by molar-refractivity contribution is 9.10. The monoisotopic (exact) mass is 348 g/mol. The first-order chi connectivity index (χ1) is 10.2. The molecular weight excluding hydrogens is 332 g/mol. The SMILES string of the molecule is O=C(Cn1cnc(CNC2CC2)c1)Nc1cccc(Br)c1. The normalized spacial score (nSPS) is 14.1. The number of carbonyl (C=O) groups excluding carboxylic acids is 1. The molecule has 1 aliphatic carbocycles. The summed E-state index contributed by atoms with van der Waals surface area (Å²) in [6.45, 7) is 1.04. The van der Waals surface area contributed by atoms with Gasteiger partial charge in [-0.05, 0) is 31.0 Å². The van der Waals surface area contributed by atoms with Crippen molar-refractivity contribution in [2.75, 3.05) is 5.32 Å². The Kier molecular flexibility index (Phi) is 4.36. The maximum Gasteiger partial charge on any atom is 0.244 e. The molecule has 1 heterocycles. The quantitative estimate of drug-likeness (QED) is 0.843. The molecule has 1 aliphatic rings. The summed E-state index contributed by atoms with van der Waals surface area (Å²) in [5.74, 6) is -0.0628. The number of carbonyl (C=O) groups is 1. The maximum atomic E-state index is 12.0. The largest absolute Gasteiger partial charge is 0.328 e. The Morgan fingerprint density at radius 1 is 1.43 bits per heavy atom. The lowest BCUT2D eigenvalue weighted by molar-refractivity contribution is -0.116. The summed E-state index contributed by atoms with van der Waals surface area (Å²) < 4.78 is 2.74. The first kappa shape index (κ1) is 14.3. The van der Waals surface area contributed by atoms with Gasteiger partial charge in [-0.25, -0.2) is 4.98 Å². The van der Waals surface area contributed by atoms with E-state index in [4.69, 9.17) is 0 Å². The summed E-state index contributed by atoms with van der Waals surface area (Å²) in [5.41, 5.74) is 1.75. The Hall–Kier alpha value is -1.66. The van der Waals surface area contributed by atoms with Crippen LogP contribution < -0.4 is 10.6 Å². The van der Waals surface area contributed by atoms with Gasteiger partial charge in [0, 0.05) is 28.9 Å². The number of amides is 1. The molecule has 1 saturated carbocycles. The zero-order chi connectivity index (χ0) is 14.7. The van der Waals surface area contributed by atoms with Crippen LogP contribution in [0.25, 0.3) is 0 Å². The Bertz CT molecular complexity index is 636. The van der Waals surface area contributed by atoms with E-state index in [2.05, 4.69) is 31.5 Å². The molecule has 1 fully saturated rings. The van der Waals surface area contributed by atoms with Gasteiger partial charge in [0.2, 0.25) is 5.91 Å². The lowest BCUT2D eigenvalue weighted by Gasteiger charge is -2.06. The summed E-state index contributed by atoms with van der Waals surface area (Å²) in [6.07, 6.45) is 6.13. The molecule has 0 radical (unpaired) electrons. The highest BCUT2D eigenvalue weighted by Crippen LogP contribution is 2.19. The van der Waals surface area contributed by atoms with E-state index in [1.54, 1.807) is 10.9 Å². The fourth-order valence-electron chi connectivity index (χ4n) is 2.05. The number of benzene rings is 1. The van der Waals surface area contributed by atoms with Crippen LogP contribution in [0, 0.1) is 0 Å². The van der Waals surface area contributed by atoms with Crippen molar-refractivity contribution in [1.82, 2.24) is 14.9 Å². The van der Waals surface area contributed by atoms with Gasteiger partial charge in [0.15, 0.2) is 0 Å². The lowest BCUT2D eigenvalue weighted by atomic mass is 10.3. The van der Waals surface area contributed by atoms with Crippen molar-refractivity contribution >= 4 is 27.5 Å². The van der Waals surface area contributed by atoms with Gasteiger partial charge in [0.05, 0.1) is 12.0 Å². The van der Waals surface area contributed by atoms with Gasteiger partial charge < -0.3 is 15.2 Å². The van der Waals surface area contributed by atoms with E-state index in [9.17, 15) is 4.79 Å². The van der Waals surface area contributed by atoms with Crippen LogP contribution >= 0.6 is 15.9 Å².